The van der Waals surface area contributed by atoms with Gasteiger partial charge in [-0.1, -0.05) is 29.5 Å². The van der Waals surface area contributed by atoms with Crippen molar-refractivity contribution in [2.75, 3.05) is 6.61 Å². The molecule has 1 fully saturated rings. The average Bonchev–Trinajstić information content (AvgIpc) is 3.10. The molecule has 2 aromatic rings. The zero-order valence-electron chi connectivity index (χ0n) is 13.3. The molecule has 1 aliphatic heterocycles. The minimum Gasteiger partial charge on any atom is -0.394 e. The second kappa shape index (κ2) is 6.04. The Balaban J connectivity index is 1.80. The van der Waals surface area contributed by atoms with Crippen molar-refractivity contribution < 1.29 is 34.8 Å². The molecule has 10 heteroatoms. The number of aliphatic hydroxyl groups is 4. The molecule has 2 aliphatic rings. The molecule has 4 N–H and O–H groups in total. The van der Waals surface area contributed by atoms with E-state index >= 15 is 0 Å². The molecule has 4 rings (SSSR count). The maximum Gasteiger partial charge on any atom is 0.216 e. The van der Waals surface area contributed by atoms with Crippen LogP contribution < -0.4 is 0 Å². The first kappa shape index (κ1) is 16.9. The fourth-order valence-electron chi connectivity index (χ4n) is 3.25. The fourth-order valence-corrected chi connectivity index (χ4v) is 3.25. The number of aliphatic hydroxyl groups excluding tert-OH is 4. The van der Waals surface area contributed by atoms with Crippen LogP contribution in [0, 0.1) is 0 Å². The number of hydrogen-bond acceptors (Lipinski definition) is 9. The summed E-state index contributed by atoms with van der Waals surface area (Å²) in [5, 5.41) is 46.8. The van der Waals surface area contributed by atoms with Crippen molar-refractivity contribution in [3.05, 3.63) is 46.8 Å². The summed E-state index contributed by atoms with van der Waals surface area (Å²) < 4.78 is 6.31. The summed E-state index contributed by atoms with van der Waals surface area (Å²) in [6.07, 6.45) is -7.45. The minimum atomic E-state index is -1.65. The Kier molecular flexibility index (Phi) is 3.93. The van der Waals surface area contributed by atoms with Gasteiger partial charge in [0.05, 0.1) is 6.61 Å². The molecule has 1 saturated heterocycles. The SMILES string of the molecule is O=C1c2ccccc2C(=O)c2c1nnn2[C@@H]1O[C@H](CO)[C@H](O)[C@H](O)[C@H]1O. The first-order chi connectivity index (χ1) is 12.5. The van der Waals surface area contributed by atoms with E-state index in [1.54, 1.807) is 12.1 Å². The number of carbonyl (C=O) groups is 2. The average molecular weight is 361 g/mol. The third kappa shape index (κ3) is 2.24. The predicted octanol–water partition coefficient (Wildman–Crippen LogP) is -1.97. The van der Waals surface area contributed by atoms with E-state index in [0.29, 0.717) is 0 Å². The van der Waals surface area contributed by atoms with Crippen molar-refractivity contribution in [1.82, 2.24) is 15.0 Å². The summed E-state index contributed by atoms with van der Waals surface area (Å²) in [7, 11) is 0. The van der Waals surface area contributed by atoms with Gasteiger partial charge >= 0.3 is 0 Å². The zero-order chi connectivity index (χ0) is 18.6. The second-order valence-electron chi connectivity index (χ2n) is 6.15. The third-order valence-electron chi connectivity index (χ3n) is 4.65. The monoisotopic (exact) mass is 361 g/mol. The molecule has 1 aromatic heterocycles. The number of carbonyl (C=O) groups excluding carboxylic acids is 2. The predicted molar refractivity (Wildman–Crippen MR) is 82.3 cm³/mol. The van der Waals surface area contributed by atoms with E-state index in [2.05, 4.69) is 10.3 Å². The smallest absolute Gasteiger partial charge is 0.216 e. The first-order valence-electron chi connectivity index (χ1n) is 7.89. The molecular weight excluding hydrogens is 346 g/mol. The van der Waals surface area contributed by atoms with Crippen LogP contribution in [0.5, 0.6) is 0 Å². The standard InChI is InChI=1S/C16H15N3O7/c20-5-8-13(23)14(24)15(25)16(26-8)19-10-9(17-18-19)11(21)6-3-1-2-4-7(6)12(10)22/h1-4,8,13-16,20,23-25H,5H2/t8-,13+,14+,15-,16-/m1/s1. The molecule has 1 aliphatic carbocycles. The van der Waals surface area contributed by atoms with Gasteiger partial charge in [0.2, 0.25) is 11.6 Å². The van der Waals surface area contributed by atoms with E-state index in [0.717, 1.165) is 4.68 Å². The molecular formula is C16H15N3O7. The highest BCUT2D eigenvalue weighted by molar-refractivity contribution is 6.26. The molecule has 0 saturated carbocycles. The van der Waals surface area contributed by atoms with E-state index in [1.807, 2.05) is 0 Å². The Bertz CT molecular complexity index is 894. The zero-order valence-corrected chi connectivity index (χ0v) is 13.3. The minimum absolute atomic E-state index is 0.165. The number of hydrogen-bond donors (Lipinski definition) is 4. The van der Waals surface area contributed by atoms with Gasteiger partial charge in [0.1, 0.15) is 30.1 Å². The molecule has 0 spiro atoms. The van der Waals surface area contributed by atoms with Gasteiger partial charge in [-0.05, 0) is 0 Å². The highest BCUT2D eigenvalue weighted by Crippen LogP contribution is 2.32. The van der Waals surface area contributed by atoms with Gasteiger partial charge < -0.3 is 25.2 Å². The van der Waals surface area contributed by atoms with E-state index in [-0.39, 0.29) is 22.5 Å². The number of rotatable bonds is 2. The van der Waals surface area contributed by atoms with Gasteiger partial charge in [-0.15, -0.1) is 5.10 Å². The molecule has 0 radical (unpaired) electrons. The molecule has 136 valence electrons. The van der Waals surface area contributed by atoms with Crippen LogP contribution in [0.4, 0.5) is 0 Å². The first-order valence-corrected chi connectivity index (χ1v) is 7.89. The lowest BCUT2D eigenvalue weighted by atomic mass is 9.90. The Morgan fingerprint density at radius 3 is 2.31 bits per heavy atom. The van der Waals surface area contributed by atoms with Crippen LogP contribution in [0.3, 0.4) is 0 Å². The van der Waals surface area contributed by atoms with Crippen LogP contribution in [0.15, 0.2) is 24.3 Å². The molecule has 0 unspecified atom stereocenters. The van der Waals surface area contributed by atoms with E-state index < -0.39 is 48.8 Å². The lowest BCUT2D eigenvalue weighted by molar-refractivity contribution is -0.254. The molecule has 0 amide bonds. The quantitative estimate of drug-likeness (QED) is 0.406. The Morgan fingerprint density at radius 1 is 1.00 bits per heavy atom. The highest BCUT2D eigenvalue weighted by Gasteiger charge is 2.47. The lowest BCUT2D eigenvalue weighted by Gasteiger charge is -2.40. The number of fused-ring (bicyclic) bond motifs is 2. The second-order valence-corrected chi connectivity index (χ2v) is 6.15. The van der Waals surface area contributed by atoms with Gasteiger partial charge in [-0.2, -0.15) is 0 Å². The number of benzene rings is 1. The van der Waals surface area contributed by atoms with Gasteiger partial charge in [-0.25, -0.2) is 4.68 Å². The van der Waals surface area contributed by atoms with Crippen LogP contribution in [0.2, 0.25) is 0 Å². The Hall–Kier alpha value is -2.50. The Morgan fingerprint density at radius 2 is 1.65 bits per heavy atom. The van der Waals surface area contributed by atoms with Crippen molar-refractivity contribution in [1.29, 1.82) is 0 Å². The summed E-state index contributed by atoms with van der Waals surface area (Å²) >= 11 is 0. The topological polar surface area (TPSA) is 155 Å². The Labute approximate surface area is 146 Å². The van der Waals surface area contributed by atoms with Crippen molar-refractivity contribution in [2.45, 2.75) is 30.6 Å². The molecule has 10 nitrogen and oxygen atoms in total. The van der Waals surface area contributed by atoms with Gasteiger partial charge in [-0.3, -0.25) is 9.59 Å². The summed E-state index contributed by atoms with van der Waals surface area (Å²) in [4.78, 5) is 25.4. The number of ether oxygens (including phenoxy) is 1. The van der Waals surface area contributed by atoms with Crippen LogP contribution >= 0.6 is 0 Å². The van der Waals surface area contributed by atoms with E-state index in [9.17, 15) is 30.0 Å². The van der Waals surface area contributed by atoms with Crippen LogP contribution in [-0.2, 0) is 4.74 Å². The molecule has 1 aromatic carbocycles. The van der Waals surface area contributed by atoms with Crippen molar-refractivity contribution in [2.24, 2.45) is 0 Å². The molecule has 26 heavy (non-hydrogen) atoms. The van der Waals surface area contributed by atoms with Crippen molar-refractivity contribution in [3.8, 4) is 0 Å². The summed E-state index contributed by atoms with van der Waals surface area (Å²) in [5.74, 6) is -1.02. The van der Waals surface area contributed by atoms with Crippen molar-refractivity contribution in [3.63, 3.8) is 0 Å². The lowest BCUT2D eigenvalue weighted by Crippen LogP contribution is -2.57. The molecule has 5 atom stereocenters. The van der Waals surface area contributed by atoms with Crippen LogP contribution in [0.1, 0.15) is 38.3 Å². The molecule has 2 heterocycles. The third-order valence-corrected chi connectivity index (χ3v) is 4.65. The maximum atomic E-state index is 12.8. The summed E-state index contributed by atoms with van der Waals surface area (Å²) in [6.45, 7) is -0.631. The molecule has 0 bridgehead atoms. The van der Waals surface area contributed by atoms with E-state index in [1.165, 1.54) is 12.1 Å². The highest BCUT2D eigenvalue weighted by atomic mass is 16.6. The van der Waals surface area contributed by atoms with Crippen LogP contribution in [-0.4, -0.2) is 78.0 Å². The number of nitrogens with zero attached hydrogens (tertiary/aromatic N) is 3. The fraction of sp³-hybridized carbons (Fsp3) is 0.375. The normalized spacial score (nSPS) is 30.8. The maximum absolute atomic E-state index is 12.8. The van der Waals surface area contributed by atoms with E-state index in [4.69, 9.17) is 4.74 Å². The van der Waals surface area contributed by atoms with Gasteiger partial charge in [0.25, 0.3) is 0 Å². The summed E-state index contributed by atoms with van der Waals surface area (Å²) in [5.41, 5.74) is -0.00677. The summed E-state index contributed by atoms with van der Waals surface area (Å²) in [6, 6.07) is 6.22. The van der Waals surface area contributed by atoms with Crippen LogP contribution in [0.25, 0.3) is 0 Å². The number of aromatic nitrogens is 3. The van der Waals surface area contributed by atoms with Gasteiger partial charge in [0, 0.05) is 11.1 Å². The van der Waals surface area contributed by atoms with Gasteiger partial charge in [0.15, 0.2) is 11.9 Å². The number of ketones is 2. The van der Waals surface area contributed by atoms with Crippen molar-refractivity contribution >= 4 is 11.6 Å². The largest absolute Gasteiger partial charge is 0.394 e.